The first-order valence-electron chi connectivity index (χ1n) is 7.96. The topological polar surface area (TPSA) is 51.8 Å². The van der Waals surface area contributed by atoms with Crippen molar-refractivity contribution in [3.8, 4) is 11.3 Å². The molecule has 0 aliphatic heterocycles. The van der Waals surface area contributed by atoms with Gasteiger partial charge in [0, 0.05) is 17.0 Å². The molecule has 3 heteroatoms. The second-order valence-electron chi connectivity index (χ2n) is 6.47. The monoisotopic (exact) mass is 279 g/mol. The van der Waals surface area contributed by atoms with E-state index in [4.69, 9.17) is 10.7 Å². The largest absolute Gasteiger partial charge is 0.383 e. The molecule has 0 spiro atoms. The van der Waals surface area contributed by atoms with E-state index in [1.54, 1.807) is 0 Å². The van der Waals surface area contributed by atoms with Crippen LogP contribution in [0.1, 0.15) is 60.9 Å². The number of nitrogens with two attached hydrogens (primary N) is 1. The first kappa shape index (κ1) is 12.8. The summed E-state index contributed by atoms with van der Waals surface area (Å²) in [7, 11) is 0. The Labute approximate surface area is 125 Å². The van der Waals surface area contributed by atoms with Crippen LogP contribution in [0.2, 0.25) is 0 Å². The lowest BCUT2D eigenvalue weighted by Crippen LogP contribution is -2.09. The summed E-state index contributed by atoms with van der Waals surface area (Å²) in [4.78, 5) is 9.29. The Morgan fingerprint density at radius 2 is 1.86 bits per heavy atom. The highest BCUT2D eigenvalue weighted by Crippen LogP contribution is 2.41. The second-order valence-corrected chi connectivity index (χ2v) is 6.47. The van der Waals surface area contributed by atoms with Crippen LogP contribution in [0.4, 0.5) is 5.82 Å². The highest BCUT2D eigenvalue weighted by molar-refractivity contribution is 5.68. The standard InChI is InChI=1S/C18H21N3/c1-11-16(20-18(13-8-9-13)21-17(11)19)15-7-3-6-14(10-15)12-4-2-5-12/h3,6-7,10,12-13H,2,4-5,8-9H2,1H3,(H2,19,20,21). The van der Waals surface area contributed by atoms with Gasteiger partial charge in [0.05, 0.1) is 5.69 Å². The normalized spacial score (nSPS) is 18.5. The van der Waals surface area contributed by atoms with E-state index in [-0.39, 0.29) is 0 Å². The van der Waals surface area contributed by atoms with E-state index in [9.17, 15) is 0 Å². The summed E-state index contributed by atoms with van der Waals surface area (Å²) in [5.41, 5.74) is 10.8. The van der Waals surface area contributed by atoms with E-state index in [0.717, 1.165) is 23.0 Å². The maximum absolute atomic E-state index is 6.11. The van der Waals surface area contributed by atoms with Crippen molar-refractivity contribution in [2.45, 2.75) is 50.9 Å². The van der Waals surface area contributed by atoms with Gasteiger partial charge in [0.1, 0.15) is 11.6 Å². The smallest absolute Gasteiger partial charge is 0.134 e. The van der Waals surface area contributed by atoms with Gasteiger partial charge in [-0.3, -0.25) is 0 Å². The highest BCUT2D eigenvalue weighted by atomic mass is 15.0. The fourth-order valence-electron chi connectivity index (χ4n) is 3.04. The van der Waals surface area contributed by atoms with Crippen molar-refractivity contribution in [2.75, 3.05) is 5.73 Å². The highest BCUT2D eigenvalue weighted by Gasteiger charge is 2.28. The molecule has 2 aliphatic carbocycles. The zero-order valence-corrected chi connectivity index (χ0v) is 12.5. The molecule has 2 fully saturated rings. The molecule has 2 saturated carbocycles. The predicted molar refractivity (Wildman–Crippen MR) is 85.2 cm³/mol. The molecule has 1 heterocycles. The summed E-state index contributed by atoms with van der Waals surface area (Å²) < 4.78 is 0. The average molecular weight is 279 g/mol. The third-order valence-electron chi connectivity index (χ3n) is 4.88. The van der Waals surface area contributed by atoms with E-state index in [0.29, 0.717) is 11.7 Å². The molecule has 0 unspecified atom stereocenters. The lowest BCUT2D eigenvalue weighted by molar-refractivity contribution is 0.420. The Hall–Kier alpha value is -1.90. The molecule has 0 amide bonds. The van der Waals surface area contributed by atoms with Gasteiger partial charge in [0.25, 0.3) is 0 Å². The van der Waals surface area contributed by atoms with Crippen LogP contribution in [0.15, 0.2) is 24.3 Å². The lowest BCUT2D eigenvalue weighted by atomic mass is 9.79. The third-order valence-corrected chi connectivity index (χ3v) is 4.88. The van der Waals surface area contributed by atoms with Crippen molar-refractivity contribution in [1.29, 1.82) is 0 Å². The zero-order chi connectivity index (χ0) is 14.4. The molecule has 0 saturated heterocycles. The molecule has 108 valence electrons. The maximum atomic E-state index is 6.11. The molecule has 3 nitrogen and oxygen atoms in total. The SMILES string of the molecule is Cc1c(N)nc(C2CC2)nc1-c1cccc(C2CCC2)c1. The average Bonchev–Trinajstić information content (AvgIpc) is 3.24. The van der Waals surface area contributed by atoms with Gasteiger partial charge in [-0.1, -0.05) is 24.6 Å². The van der Waals surface area contributed by atoms with Crippen molar-refractivity contribution in [1.82, 2.24) is 9.97 Å². The third kappa shape index (κ3) is 2.31. The summed E-state index contributed by atoms with van der Waals surface area (Å²) in [6, 6.07) is 8.84. The number of benzene rings is 1. The minimum Gasteiger partial charge on any atom is -0.383 e. The number of anilines is 1. The minimum atomic E-state index is 0.529. The molecule has 0 radical (unpaired) electrons. The Balaban J connectivity index is 1.78. The van der Waals surface area contributed by atoms with Crippen molar-refractivity contribution in [2.24, 2.45) is 0 Å². The number of nitrogen functional groups attached to an aromatic ring is 1. The molecule has 0 bridgehead atoms. The molecular formula is C18H21N3. The van der Waals surface area contributed by atoms with Crippen LogP contribution in [0.25, 0.3) is 11.3 Å². The van der Waals surface area contributed by atoms with Gasteiger partial charge in [0.15, 0.2) is 0 Å². The lowest BCUT2D eigenvalue weighted by Gasteiger charge is -2.26. The van der Waals surface area contributed by atoms with Crippen molar-refractivity contribution >= 4 is 5.82 Å². The van der Waals surface area contributed by atoms with Gasteiger partial charge in [0.2, 0.25) is 0 Å². The van der Waals surface area contributed by atoms with Gasteiger partial charge in [-0.15, -0.1) is 0 Å². The number of hydrogen-bond donors (Lipinski definition) is 1. The Morgan fingerprint density at radius 3 is 2.52 bits per heavy atom. The van der Waals surface area contributed by atoms with Crippen molar-refractivity contribution in [3.63, 3.8) is 0 Å². The number of aromatic nitrogens is 2. The summed E-state index contributed by atoms with van der Waals surface area (Å²) in [6.45, 7) is 2.03. The molecule has 1 aromatic heterocycles. The molecule has 2 N–H and O–H groups in total. The first-order chi connectivity index (χ1) is 10.2. The first-order valence-corrected chi connectivity index (χ1v) is 7.96. The molecule has 4 rings (SSSR count). The zero-order valence-electron chi connectivity index (χ0n) is 12.5. The Kier molecular flexibility index (Phi) is 2.95. The van der Waals surface area contributed by atoms with Crippen LogP contribution >= 0.6 is 0 Å². The summed E-state index contributed by atoms with van der Waals surface area (Å²) in [5, 5.41) is 0. The van der Waals surface area contributed by atoms with Gasteiger partial charge < -0.3 is 5.73 Å². The van der Waals surface area contributed by atoms with Crippen LogP contribution < -0.4 is 5.73 Å². The van der Waals surface area contributed by atoms with E-state index in [1.165, 1.54) is 43.2 Å². The Morgan fingerprint density at radius 1 is 1.05 bits per heavy atom. The maximum Gasteiger partial charge on any atom is 0.134 e. The fourth-order valence-corrected chi connectivity index (χ4v) is 3.04. The van der Waals surface area contributed by atoms with Crippen LogP contribution in [-0.2, 0) is 0 Å². The number of nitrogens with zero attached hydrogens (tertiary/aromatic N) is 2. The van der Waals surface area contributed by atoms with Crippen LogP contribution in [0.3, 0.4) is 0 Å². The molecule has 21 heavy (non-hydrogen) atoms. The molecule has 1 aromatic carbocycles. The van der Waals surface area contributed by atoms with Crippen LogP contribution in [-0.4, -0.2) is 9.97 Å². The van der Waals surface area contributed by atoms with E-state index < -0.39 is 0 Å². The molecule has 2 aliphatic rings. The molecule has 2 aromatic rings. The Bertz CT molecular complexity index is 685. The summed E-state index contributed by atoms with van der Waals surface area (Å²) in [6.07, 6.45) is 6.40. The number of hydrogen-bond acceptors (Lipinski definition) is 3. The summed E-state index contributed by atoms with van der Waals surface area (Å²) >= 11 is 0. The van der Waals surface area contributed by atoms with Gasteiger partial charge in [-0.25, -0.2) is 9.97 Å². The fraction of sp³-hybridized carbons (Fsp3) is 0.444. The van der Waals surface area contributed by atoms with E-state index in [2.05, 4.69) is 29.2 Å². The summed E-state index contributed by atoms with van der Waals surface area (Å²) in [5.74, 6) is 2.84. The van der Waals surface area contributed by atoms with Crippen LogP contribution in [0, 0.1) is 6.92 Å². The van der Waals surface area contributed by atoms with Gasteiger partial charge >= 0.3 is 0 Å². The van der Waals surface area contributed by atoms with Crippen molar-refractivity contribution < 1.29 is 0 Å². The second kappa shape index (κ2) is 4.83. The quantitative estimate of drug-likeness (QED) is 0.917. The predicted octanol–water partition coefficient (Wildman–Crippen LogP) is 4.18. The van der Waals surface area contributed by atoms with E-state index >= 15 is 0 Å². The van der Waals surface area contributed by atoms with Gasteiger partial charge in [-0.05, 0) is 50.2 Å². The van der Waals surface area contributed by atoms with Gasteiger partial charge in [-0.2, -0.15) is 0 Å². The number of rotatable bonds is 3. The molecular weight excluding hydrogens is 258 g/mol. The van der Waals surface area contributed by atoms with Crippen LogP contribution in [0.5, 0.6) is 0 Å². The minimum absolute atomic E-state index is 0.529. The van der Waals surface area contributed by atoms with Crippen molar-refractivity contribution in [3.05, 3.63) is 41.2 Å². The van der Waals surface area contributed by atoms with E-state index in [1.807, 2.05) is 6.92 Å². The molecule has 0 atom stereocenters.